The van der Waals surface area contributed by atoms with Crippen molar-refractivity contribution in [2.24, 2.45) is 0 Å². The predicted octanol–water partition coefficient (Wildman–Crippen LogP) is 4.19. The molecule has 5 heteroatoms. The van der Waals surface area contributed by atoms with E-state index in [0.717, 1.165) is 11.1 Å². The van der Waals surface area contributed by atoms with Gasteiger partial charge in [-0.05, 0) is 35.4 Å². The third kappa shape index (κ3) is 2.90. The van der Waals surface area contributed by atoms with Gasteiger partial charge in [-0.25, -0.2) is 0 Å². The van der Waals surface area contributed by atoms with Crippen LogP contribution in [0.4, 0.5) is 14.5 Å². The zero-order valence-corrected chi connectivity index (χ0v) is 9.99. The highest BCUT2D eigenvalue weighted by atomic mass is 35.5. The third-order valence-electron chi connectivity index (χ3n) is 2.38. The van der Waals surface area contributed by atoms with Gasteiger partial charge in [0, 0.05) is 5.02 Å². The fourth-order valence-electron chi connectivity index (χ4n) is 1.60. The molecule has 0 atom stereocenters. The minimum atomic E-state index is -2.88. The average molecular weight is 270 g/mol. The zero-order chi connectivity index (χ0) is 13.1. The van der Waals surface area contributed by atoms with Crippen molar-refractivity contribution < 1.29 is 13.5 Å². The first kappa shape index (κ1) is 12.6. The molecule has 2 rings (SSSR count). The minimum absolute atomic E-state index is 0.0317. The van der Waals surface area contributed by atoms with Crippen LogP contribution in [0.15, 0.2) is 42.5 Å². The predicted molar refractivity (Wildman–Crippen MR) is 67.9 cm³/mol. The fourth-order valence-corrected chi connectivity index (χ4v) is 1.79. The molecule has 0 amide bonds. The molecule has 0 fully saturated rings. The summed E-state index contributed by atoms with van der Waals surface area (Å²) in [5, 5.41) is 0.596. The summed E-state index contributed by atoms with van der Waals surface area (Å²) in [7, 11) is 0. The van der Waals surface area contributed by atoms with Gasteiger partial charge in [-0.2, -0.15) is 8.78 Å². The maximum absolute atomic E-state index is 12.1. The highest BCUT2D eigenvalue weighted by molar-refractivity contribution is 6.30. The molecule has 18 heavy (non-hydrogen) atoms. The molecular weight excluding hydrogens is 260 g/mol. The Morgan fingerprint density at radius 1 is 1.06 bits per heavy atom. The fraction of sp³-hybridized carbons (Fsp3) is 0.0769. The van der Waals surface area contributed by atoms with Gasteiger partial charge in [-0.15, -0.1) is 0 Å². The van der Waals surface area contributed by atoms with E-state index in [4.69, 9.17) is 17.3 Å². The quantitative estimate of drug-likeness (QED) is 0.848. The molecule has 0 aliphatic rings. The summed E-state index contributed by atoms with van der Waals surface area (Å²) >= 11 is 5.88. The lowest BCUT2D eigenvalue weighted by Gasteiger charge is -2.09. The highest BCUT2D eigenvalue weighted by Gasteiger charge is 2.09. The maximum Gasteiger partial charge on any atom is 0.387 e. The second-order valence-corrected chi connectivity index (χ2v) is 4.08. The van der Waals surface area contributed by atoms with Crippen LogP contribution in [-0.2, 0) is 0 Å². The first-order valence-corrected chi connectivity index (χ1v) is 5.54. The summed E-state index contributed by atoms with van der Waals surface area (Å²) in [6.07, 6.45) is 0. The number of hydrogen-bond acceptors (Lipinski definition) is 2. The van der Waals surface area contributed by atoms with Gasteiger partial charge in [0.1, 0.15) is 5.75 Å². The molecule has 0 aromatic heterocycles. The van der Waals surface area contributed by atoms with Crippen molar-refractivity contribution in [3.05, 3.63) is 47.5 Å². The molecule has 0 unspecified atom stereocenters. The van der Waals surface area contributed by atoms with Crippen LogP contribution >= 0.6 is 11.6 Å². The molecule has 0 saturated heterocycles. The third-order valence-corrected chi connectivity index (χ3v) is 2.62. The van der Waals surface area contributed by atoms with Crippen LogP contribution in [0.3, 0.4) is 0 Å². The van der Waals surface area contributed by atoms with Crippen molar-refractivity contribution in [2.45, 2.75) is 6.61 Å². The number of rotatable bonds is 3. The van der Waals surface area contributed by atoms with Crippen LogP contribution in [0.2, 0.25) is 5.02 Å². The Balaban J connectivity index is 2.34. The number of alkyl halides is 2. The largest absolute Gasteiger partial charge is 0.433 e. The van der Waals surface area contributed by atoms with E-state index in [1.807, 2.05) is 6.07 Å². The second kappa shape index (κ2) is 5.23. The molecule has 2 aromatic rings. The van der Waals surface area contributed by atoms with Crippen molar-refractivity contribution in [1.82, 2.24) is 0 Å². The molecule has 0 aliphatic carbocycles. The van der Waals surface area contributed by atoms with E-state index in [-0.39, 0.29) is 11.4 Å². The first-order chi connectivity index (χ1) is 8.56. The lowest BCUT2D eigenvalue weighted by molar-refractivity contribution is -0.0493. The van der Waals surface area contributed by atoms with E-state index < -0.39 is 6.61 Å². The molecule has 0 aliphatic heterocycles. The molecule has 0 bridgehead atoms. The summed E-state index contributed by atoms with van der Waals surface area (Å²) in [5.74, 6) is -0.0317. The molecule has 0 radical (unpaired) electrons. The Morgan fingerprint density at radius 2 is 1.78 bits per heavy atom. The second-order valence-electron chi connectivity index (χ2n) is 3.64. The number of nitrogen functional groups attached to an aromatic ring is 1. The van der Waals surface area contributed by atoms with Crippen molar-refractivity contribution >= 4 is 17.3 Å². The van der Waals surface area contributed by atoms with Gasteiger partial charge in [0.05, 0.1) is 5.69 Å². The van der Waals surface area contributed by atoms with E-state index in [9.17, 15) is 8.78 Å². The number of hydrogen-bond donors (Lipinski definition) is 1. The lowest BCUT2D eigenvalue weighted by atomic mass is 10.1. The number of anilines is 1. The van der Waals surface area contributed by atoms with Gasteiger partial charge in [0.15, 0.2) is 0 Å². The molecular formula is C13H10ClF2NO. The van der Waals surface area contributed by atoms with Crippen LogP contribution in [0.25, 0.3) is 11.1 Å². The topological polar surface area (TPSA) is 35.2 Å². The molecule has 94 valence electrons. The minimum Gasteiger partial charge on any atom is -0.433 e. The van der Waals surface area contributed by atoms with E-state index >= 15 is 0 Å². The van der Waals surface area contributed by atoms with Crippen molar-refractivity contribution in [3.63, 3.8) is 0 Å². The summed E-state index contributed by atoms with van der Waals surface area (Å²) < 4.78 is 28.4. The molecule has 2 N–H and O–H groups in total. The van der Waals surface area contributed by atoms with Gasteiger partial charge in [-0.3, -0.25) is 0 Å². The van der Waals surface area contributed by atoms with Crippen molar-refractivity contribution in [2.75, 3.05) is 5.73 Å². The van der Waals surface area contributed by atoms with Gasteiger partial charge in [-0.1, -0.05) is 29.8 Å². The number of ether oxygens (including phenoxy) is 1. The number of halogens is 3. The van der Waals surface area contributed by atoms with Crippen LogP contribution in [0.1, 0.15) is 0 Å². The molecule has 0 saturated carbocycles. The van der Waals surface area contributed by atoms with Crippen LogP contribution < -0.4 is 10.5 Å². The summed E-state index contributed by atoms with van der Waals surface area (Å²) in [4.78, 5) is 0. The summed E-state index contributed by atoms with van der Waals surface area (Å²) in [5.41, 5.74) is 7.46. The lowest BCUT2D eigenvalue weighted by Crippen LogP contribution is -2.04. The van der Waals surface area contributed by atoms with Gasteiger partial charge in [0.2, 0.25) is 0 Å². The van der Waals surface area contributed by atoms with Gasteiger partial charge >= 0.3 is 6.61 Å². The Morgan fingerprint density at radius 3 is 2.39 bits per heavy atom. The standard InChI is InChI=1S/C13H10ClF2NO/c14-10-3-1-2-8(6-10)9-4-5-12(11(17)7-9)18-13(15)16/h1-7,13H,17H2. The van der Waals surface area contributed by atoms with Crippen LogP contribution in [0, 0.1) is 0 Å². The van der Waals surface area contributed by atoms with E-state index in [1.165, 1.54) is 6.07 Å². The Hall–Kier alpha value is -1.81. The molecule has 2 aromatic carbocycles. The number of nitrogens with two attached hydrogens (primary N) is 1. The van der Waals surface area contributed by atoms with E-state index in [0.29, 0.717) is 5.02 Å². The van der Waals surface area contributed by atoms with E-state index in [1.54, 1.807) is 30.3 Å². The SMILES string of the molecule is Nc1cc(-c2cccc(Cl)c2)ccc1OC(F)F. The summed E-state index contributed by atoms with van der Waals surface area (Å²) in [6, 6.07) is 11.8. The van der Waals surface area contributed by atoms with E-state index in [2.05, 4.69) is 4.74 Å². The molecule has 0 spiro atoms. The Bertz CT molecular complexity index is 560. The zero-order valence-electron chi connectivity index (χ0n) is 9.24. The normalized spacial score (nSPS) is 10.7. The molecule has 2 nitrogen and oxygen atoms in total. The number of benzene rings is 2. The van der Waals surface area contributed by atoms with Gasteiger partial charge in [0.25, 0.3) is 0 Å². The first-order valence-electron chi connectivity index (χ1n) is 5.16. The summed E-state index contributed by atoms with van der Waals surface area (Å²) in [6.45, 7) is -2.88. The van der Waals surface area contributed by atoms with Crippen molar-refractivity contribution in [1.29, 1.82) is 0 Å². The monoisotopic (exact) mass is 269 g/mol. The van der Waals surface area contributed by atoms with Gasteiger partial charge < -0.3 is 10.5 Å². The van der Waals surface area contributed by atoms with Crippen molar-refractivity contribution in [3.8, 4) is 16.9 Å². The highest BCUT2D eigenvalue weighted by Crippen LogP contribution is 2.30. The molecule has 0 heterocycles. The Kier molecular flexibility index (Phi) is 3.67. The maximum atomic E-state index is 12.1. The average Bonchev–Trinajstić information content (AvgIpc) is 2.31. The smallest absolute Gasteiger partial charge is 0.387 e. The van der Waals surface area contributed by atoms with Crippen LogP contribution in [0.5, 0.6) is 5.75 Å². The Labute approximate surface area is 108 Å². The van der Waals surface area contributed by atoms with Crippen LogP contribution in [-0.4, -0.2) is 6.61 Å².